The Labute approximate surface area is 164 Å². The molecule has 1 fully saturated rings. The average molecular weight is 382 g/mol. The van der Waals surface area contributed by atoms with Crippen molar-refractivity contribution in [1.82, 2.24) is 14.5 Å². The van der Waals surface area contributed by atoms with Gasteiger partial charge in [-0.05, 0) is 55.6 Å². The van der Waals surface area contributed by atoms with Crippen LogP contribution in [0.3, 0.4) is 0 Å². The molecule has 0 spiro atoms. The minimum atomic E-state index is -0.574. The number of nitrogens with zero attached hydrogens (tertiary/aromatic N) is 3. The van der Waals surface area contributed by atoms with E-state index in [-0.39, 0.29) is 0 Å². The summed E-state index contributed by atoms with van der Waals surface area (Å²) in [5.74, 6) is 0. The lowest BCUT2D eigenvalue weighted by Crippen LogP contribution is -2.31. The molecule has 0 amide bonds. The van der Waals surface area contributed by atoms with Crippen LogP contribution in [0.2, 0.25) is 5.02 Å². The molecule has 0 bridgehead atoms. The van der Waals surface area contributed by atoms with Gasteiger partial charge in [-0.3, -0.25) is 9.88 Å². The topological polar surface area (TPSA) is 41.3 Å². The first kappa shape index (κ1) is 17.2. The fourth-order valence-corrected chi connectivity index (χ4v) is 5.37. The third-order valence-corrected chi connectivity index (χ3v) is 6.44. The highest BCUT2D eigenvalue weighted by atomic mass is 35.5. The van der Waals surface area contributed by atoms with Crippen molar-refractivity contribution in [3.63, 3.8) is 0 Å². The summed E-state index contributed by atoms with van der Waals surface area (Å²) in [6.07, 6.45) is 6.42. The molecule has 27 heavy (non-hydrogen) atoms. The van der Waals surface area contributed by atoms with E-state index in [1.807, 2.05) is 18.2 Å². The second kappa shape index (κ2) is 6.62. The maximum Gasteiger partial charge on any atom is 0.0983 e. The lowest BCUT2D eigenvalue weighted by Gasteiger charge is -2.31. The molecule has 0 aliphatic carbocycles. The van der Waals surface area contributed by atoms with Crippen LogP contribution < -0.4 is 0 Å². The van der Waals surface area contributed by atoms with Gasteiger partial charge in [0.15, 0.2) is 0 Å². The Hall–Kier alpha value is -1.88. The molecule has 4 heterocycles. The van der Waals surface area contributed by atoms with Crippen LogP contribution in [0, 0.1) is 6.92 Å². The Morgan fingerprint density at radius 1 is 1.33 bits per heavy atom. The minimum Gasteiger partial charge on any atom is -0.386 e. The second-order valence-electron chi connectivity index (χ2n) is 7.84. The zero-order chi connectivity index (χ0) is 18.5. The van der Waals surface area contributed by atoms with Gasteiger partial charge in [-0.15, -0.1) is 0 Å². The fourth-order valence-electron chi connectivity index (χ4n) is 5.10. The number of rotatable bonds is 3. The normalized spacial score (nSPS) is 20.6. The van der Waals surface area contributed by atoms with Gasteiger partial charge in [0.25, 0.3) is 0 Å². The number of hydrogen-bond donors (Lipinski definition) is 1. The molecule has 4 nitrogen and oxygen atoms in total. The minimum absolute atomic E-state index is 0.492. The number of aromatic nitrogens is 2. The summed E-state index contributed by atoms with van der Waals surface area (Å²) >= 11 is 6.44. The van der Waals surface area contributed by atoms with Crippen LogP contribution in [-0.4, -0.2) is 32.6 Å². The van der Waals surface area contributed by atoms with Gasteiger partial charge in [-0.2, -0.15) is 0 Å². The van der Waals surface area contributed by atoms with Crippen molar-refractivity contribution in [3.05, 3.63) is 64.1 Å². The van der Waals surface area contributed by atoms with Crippen molar-refractivity contribution in [2.75, 3.05) is 13.1 Å². The van der Waals surface area contributed by atoms with Crippen molar-refractivity contribution < 1.29 is 5.11 Å². The molecule has 1 N–H and O–H groups in total. The summed E-state index contributed by atoms with van der Waals surface area (Å²) in [6, 6.07) is 8.47. The van der Waals surface area contributed by atoms with Crippen LogP contribution in [0.4, 0.5) is 0 Å². The Bertz CT molecular complexity index is 998. The number of hydrogen-bond acceptors (Lipinski definition) is 3. The van der Waals surface area contributed by atoms with Gasteiger partial charge in [-0.25, -0.2) is 0 Å². The maximum atomic E-state index is 10.9. The summed E-state index contributed by atoms with van der Waals surface area (Å²) in [5.41, 5.74) is 6.08. The molecule has 0 radical (unpaired) electrons. The van der Waals surface area contributed by atoms with Crippen LogP contribution in [0.15, 0.2) is 36.7 Å². The van der Waals surface area contributed by atoms with Crippen molar-refractivity contribution >= 4 is 22.5 Å². The molecule has 5 rings (SSSR count). The molecule has 2 unspecified atom stereocenters. The number of aliphatic hydroxyl groups excluding tert-OH is 1. The van der Waals surface area contributed by atoms with Crippen LogP contribution in [0.5, 0.6) is 0 Å². The monoisotopic (exact) mass is 381 g/mol. The van der Waals surface area contributed by atoms with E-state index in [1.165, 1.54) is 47.1 Å². The van der Waals surface area contributed by atoms with Gasteiger partial charge in [-0.1, -0.05) is 17.7 Å². The van der Waals surface area contributed by atoms with E-state index < -0.39 is 6.10 Å². The molecule has 2 aromatic heterocycles. The van der Waals surface area contributed by atoms with E-state index in [2.05, 4.69) is 27.4 Å². The molecule has 1 aromatic carbocycles. The Kier molecular flexibility index (Phi) is 4.23. The predicted octanol–water partition coefficient (Wildman–Crippen LogP) is 4.42. The van der Waals surface area contributed by atoms with E-state index >= 15 is 0 Å². The summed E-state index contributed by atoms with van der Waals surface area (Å²) in [4.78, 5) is 6.78. The number of aryl methyl sites for hydroxylation is 1. The SMILES string of the molecule is Cc1cc(Cl)cc2c3c(n(CC(O)c4cccnc4)c12)CCN1CCCC31. The maximum absolute atomic E-state index is 10.9. The van der Waals surface area contributed by atoms with Crippen LogP contribution in [0.25, 0.3) is 10.9 Å². The molecule has 1 saturated heterocycles. The highest BCUT2D eigenvalue weighted by molar-refractivity contribution is 6.31. The number of fused-ring (bicyclic) bond motifs is 5. The Morgan fingerprint density at radius 2 is 2.22 bits per heavy atom. The first-order chi connectivity index (χ1) is 13.1. The first-order valence-corrected chi connectivity index (χ1v) is 10.1. The third-order valence-electron chi connectivity index (χ3n) is 6.22. The number of pyridine rings is 1. The van der Waals surface area contributed by atoms with Crippen molar-refractivity contribution in [2.45, 2.75) is 44.9 Å². The molecule has 0 saturated carbocycles. The quantitative estimate of drug-likeness (QED) is 0.729. The van der Waals surface area contributed by atoms with E-state index in [9.17, 15) is 5.11 Å². The van der Waals surface area contributed by atoms with Crippen molar-refractivity contribution in [2.24, 2.45) is 0 Å². The zero-order valence-corrected chi connectivity index (χ0v) is 16.3. The van der Waals surface area contributed by atoms with Gasteiger partial charge in [0, 0.05) is 53.1 Å². The third kappa shape index (κ3) is 2.78. The van der Waals surface area contributed by atoms with Crippen molar-refractivity contribution in [1.29, 1.82) is 0 Å². The Morgan fingerprint density at radius 3 is 3.04 bits per heavy atom. The largest absolute Gasteiger partial charge is 0.386 e. The summed E-state index contributed by atoms with van der Waals surface area (Å²) in [7, 11) is 0. The molecule has 140 valence electrons. The lowest BCUT2D eigenvalue weighted by molar-refractivity contribution is 0.155. The highest BCUT2D eigenvalue weighted by Crippen LogP contribution is 2.44. The number of halogens is 1. The molecule has 5 heteroatoms. The van der Waals surface area contributed by atoms with Crippen LogP contribution in [0.1, 0.15) is 47.4 Å². The zero-order valence-electron chi connectivity index (χ0n) is 15.5. The predicted molar refractivity (Wildman–Crippen MR) is 108 cm³/mol. The second-order valence-corrected chi connectivity index (χ2v) is 8.27. The summed E-state index contributed by atoms with van der Waals surface area (Å²) in [5, 5.41) is 13.0. The van der Waals surface area contributed by atoms with E-state index in [0.29, 0.717) is 12.6 Å². The van der Waals surface area contributed by atoms with Gasteiger partial charge < -0.3 is 9.67 Å². The van der Waals surface area contributed by atoms with E-state index in [0.717, 1.165) is 23.6 Å². The summed E-state index contributed by atoms with van der Waals surface area (Å²) < 4.78 is 2.35. The molecule has 2 atom stereocenters. The summed E-state index contributed by atoms with van der Waals surface area (Å²) in [6.45, 7) is 4.96. The number of benzene rings is 1. The van der Waals surface area contributed by atoms with Gasteiger partial charge in [0.05, 0.1) is 18.2 Å². The van der Waals surface area contributed by atoms with Gasteiger partial charge in [0.2, 0.25) is 0 Å². The smallest absolute Gasteiger partial charge is 0.0983 e. The van der Waals surface area contributed by atoms with Gasteiger partial charge >= 0.3 is 0 Å². The highest BCUT2D eigenvalue weighted by Gasteiger charge is 2.36. The van der Waals surface area contributed by atoms with Crippen molar-refractivity contribution in [3.8, 4) is 0 Å². The lowest BCUT2D eigenvalue weighted by atomic mass is 9.95. The molecule has 3 aromatic rings. The Balaban J connectivity index is 1.68. The average Bonchev–Trinajstić information content (AvgIpc) is 3.25. The van der Waals surface area contributed by atoms with E-state index in [1.54, 1.807) is 12.4 Å². The van der Waals surface area contributed by atoms with E-state index in [4.69, 9.17) is 11.6 Å². The molecule has 2 aliphatic rings. The molecule has 2 aliphatic heterocycles. The molecular formula is C22H24ClN3O. The fraction of sp³-hybridized carbons (Fsp3) is 0.409. The number of aliphatic hydroxyl groups is 1. The molecular weight excluding hydrogens is 358 g/mol. The van der Waals surface area contributed by atoms with Crippen LogP contribution in [-0.2, 0) is 13.0 Å². The standard InChI is InChI=1S/C22H24ClN3O/c1-14-10-16(23)11-17-21-18-5-3-8-25(18)9-6-19(21)26(22(14)17)13-20(27)15-4-2-7-24-12-15/h2,4,7,10-12,18,20,27H,3,5-6,8-9,13H2,1H3. The van der Waals surface area contributed by atoms with Crippen LogP contribution >= 0.6 is 11.6 Å². The van der Waals surface area contributed by atoms with Gasteiger partial charge in [0.1, 0.15) is 0 Å². The first-order valence-electron chi connectivity index (χ1n) is 9.76.